The van der Waals surface area contributed by atoms with Crippen LogP contribution in [-0.2, 0) is 17.7 Å². The largest absolute Gasteiger partial charge is 0.399 e. The lowest BCUT2D eigenvalue weighted by Crippen LogP contribution is -2.06. The van der Waals surface area contributed by atoms with Crippen molar-refractivity contribution in [1.82, 2.24) is 19.7 Å². The van der Waals surface area contributed by atoms with Gasteiger partial charge in [-0.05, 0) is 49.6 Å². The number of hydrogen-bond donors (Lipinski definition) is 1. The second kappa shape index (κ2) is 7.38. The van der Waals surface area contributed by atoms with E-state index in [0.29, 0.717) is 5.13 Å². The number of aromatic nitrogens is 4. The van der Waals surface area contributed by atoms with E-state index in [1.54, 1.807) is 6.21 Å². The molecule has 0 amide bonds. The molecule has 3 heterocycles. The van der Waals surface area contributed by atoms with Gasteiger partial charge in [-0.1, -0.05) is 28.6 Å². The molecule has 0 saturated heterocycles. The van der Waals surface area contributed by atoms with Crippen LogP contribution >= 0.6 is 11.3 Å². The number of aryl methyl sites for hydroxylation is 2. The van der Waals surface area contributed by atoms with E-state index >= 15 is 0 Å². The van der Waals surface area contributed by atoms with Gasteiger partial charge in [-0.3, -0.25) is 4.98 Å². The van der Waals surface area contributed by atoms with Crippen molar-refractivity contribution in [2.24, 2.45) is 5.16 Å². The third-order valence-electron chi connectivity index (χ3n) is 5.15. The van der Waals surface area contributed by atoms with Crippen molar-refractivity contribution in [1.29, 1.82) is 0 Å². The van der Waals surface area contributed by atoms with Crippen molar-refractivity contribution < 1.29 is 4.84 Å². The lowest BCUT2D eigenvalue weighted by Gasteiger charge is -2.14. The van der Waals surface area contributed by atoms with Crippen LogP contribution in [0.15, 0.2) is 47.8 Å². The number of nitrogens with two attached hydrogens (primary N) is 1. The predicted octanol–water partition coefficient (Wildman–Crippen LogP) is 4.03. The normalized spacial score (nSPS) is 12.7. The van der Waals surface area contributed by atoms with Crippen molar-refractivity contribution in [3.8, 4) is 27.5 Å². The minimum absolute atomic E-state index is 0.588. The molecule has 1 aliphatic carbocycles. The van der Waals surface area contributed by atoms with Crippen molar-refractivity contribution in [3.63, 3.8) is 0 Å². The number of nitrogens with zero attached hydrogens (tertiary/aromatic N) is 5. The fourth-order valence-electron chi connectivity index (χ4n) is 3.73. The summed E-state index contributed by atoms with van der Waals surface area (Å²) < 4.78 is 2.00. The van der Waals surface area contributed by atoms with E-state index in [-0.39, 0.29) is 0 Å². The summed E-state index contributed by atoms with van der Waals surface area (Å²) in [7, 11) is 1.53. The highest BCUT2D eigenvalue weighted by molar-refractivity contribution is 7.18. The van der Waals surface area contributed by atoms with Crippen LogP contribution in [0.2, 0.25) is 0 Å². The van der Waals surface area contributed by atoms with Crippen LogP contribution in [0, 0.1) is 6.92 Å². The monoisotopic (exact) mass is 416 g/mol. The van der Waals surface area contributed by atoms with E-state index in [1.165, 1.54) is 24.0 Å². The Morgan fingerprint density at radius 1 is 1.17 bits per heavy atom. The van der Waals surface area contributed by atoms with E-state index in [9.17, 15) is 0 Å². The van der Waals surface area contributed by atoms with Crippen LogP contribution < -0.4 is 5.73 Å². The van der Waals surface area contributed by atoms with Gasteiger partial charge in [0, 0.05) is 23.0 Å². The zero-order valence-corrected chi connectivity index (χ0v) is 17.5. The SMILES string of the molecule is CO/N=C/c1ccc(-n2nc(-c3ccc(C)nc3)c3c2-c2sc(N)nc2CC3)cc1. The molecule has 1 aliphatic rings. The average molecular weight is 417 g/mol. The predicted molar refractivity (Wildman–Crippen MR) is 119 cm³/mol. The fraction of sp³-hybridized carbons (Fsp3) is 0.182. The minimum Gasteiger partial charge on any atom is -0.399 e. The van der Waals surface area contributed by atoms with Crippen LogP contribution in [0.3, 0.4) is 0 Å². The van der Waals surface area contributed by atoms with Crippen LogP contribution in [0.5, 0.6) is 0 Å². The van der Waals surface area contributed by atoms with E-state index < -0.39 is 0 Å². The van der Waals surface area contributed by atoms with Crippen molar-refractivity contribution in [3.05, 3.63) is 65.1 Å². The molecule has 7 nitrogen and oxygen atoms in total. The first kappa shape index (κ1) is 18.5. The Kier molecular flexibility index (Phi) is 4.55. The van der Waals surface area contributed by atoms with Gasteiger partial charge in [0.25, 0.3) is 0 Å². The van der Waals surface area contributed by atoms with Crippen molar-refractivity contribution in [2.45, 2.75) is 19.8 Å². The molecule has 0 fully saturated rings. The smallest absolute Gasteiger partial charge is 0.180 e. The number of hydrogen-bond acceptors (Lipinski definition) is 7. The zero-order chi connectivity index (χ0) is 20.7. The summed E-state index contributed by atoms with van der Waals surface area (Å²) in [6.07, 6.45) is 5.30. The summed E-state index contributed by atoms with van der Waals surface area (Å²) in [6, 6.07) is 12.1. The van der Waals surface area contributed by atoms with E-state index in [2.05, 4.69) is 21.2 Å². The molecule has 2 N–H and O–H groups in total. The molecule has 0 unspecified atom stereocenters. The number of anilines is 1. The molecule has 5 rings (SSSR count). The number of oxime groups is 1. The second-order valence-corrected chi connectivity index (χ2v) is 8.14. The number of pyridine rings is 1. The Morgan fingerprint density at radius 3 is 2.73 bits per heavy atom. The summed E-state index contributed by atoms with van der Waals surface area (Å²) in [5.41, 5.74) is 14.2. The summed E-state index contributed by atoms with van der Waals surface area (Å²) in [4.78, 5) is 14.9. The summed E-state index contributed by atoms with van der Waals surface area (Å²) in [6.45, 7) is 1.98. The zero-order valence-electron chi connectivity index (χ0n) is 16.7. The summed E-state index contributed by atoms with van der Waals surface area (Å²) in [5.74, 6) is 0. The molecular formula is C22H20N6OS. The molecule has 0 saturated carbocycles. The maximum absolute atomic E-state index is 6.05. The molecule has 0 bridgehead atoms. The topological polar surface area (TPSA) is 91.2 Å². The molecule has 30 heavy (non-hydrogen) atoms. The van der Waals surface area contributed by atoms with Gasteiger partial charge in [0.2, 0.25) is 0 Å². The van der Waals surface area contributed by atoms with E-state index in [1.807, 2.05) is 48.1 Å². The summed E-state index contributed by atoms with van der Waals surface area (Å²) >= 11 is 1.52. The number of fused-ring (bicyclic) bond motifs is 3. The lowest BCUT2D eigenvalue weighted by molar-refractivity contribution is 0.215. The lowest BCUT2D eigenvalue weighted by atomic mass is 9.95. The molecule has 0 spiro atoms. The molecule has 0 radical (unpaired) electrons. The van der Waals surface area contributed by atoms with E-state index in [4.69, 9.17) is 15.7 Å². The molecule has 1 aromatic carbocycles. The van der Waals surface area contributed by atoms with Gasteiger partial charge in [0.15, 0.2) is 5.13 Å². The van der Waals surface area contributed by atoms with Gasteiger partial charge in [-0.25, -0.2) is 9.67 Å². The fourth-order valence-corrected chi connectivity index (χ4v) is 4.67. The van der Waals surface area contributed by atoms with Gasteiger partial charge in [-0.15, -0.1) is 0 Å². The average Bonchev–Trinajstić information content (AvgIpc) is 3.33. The molecule has 3 aromatic heterocycles. The van der Waals surface area contributed by atoms with Crippen molar-refractivity contribution >= 4 is 22.7 Å². The van der Waals surface area contributed by atoms with Crippen LogP contribution in [0.4, 0.5) is 5.13 Å². The molecule has 8 heteroatoms. The third kappa shape index (κ3) is 3.15. The van der Waals surface area contributed by atoms with Crippen molar-refractivity contribution in [2.75, 3.05) is 12.8 Å². The van der Waals surface area contributed by atoms with Gasteiger partial charge < -0.3 is 10.6 Å². The van der Waals surface area contributed by atoms with Crippen LogP contribution in [0.1, 0.15) is 22.5 Å². The quantitative estimate of drug-likeness (QED) is 0.401. The van der Waals surface area contributed by atoms with Crippen LogP contribution in [-0.4, -0.2) is 33.1 Å². The first-order valence-electron chi connectivity index (χ1n) is 9.61. The number of benzene rings is 1. The Bertz CT molecular complexity index is 1240. The Hall–Kier alpha value is -3.52. The van der Waals surface area contributed by atoms with Gasteiger partial charge in [-0.2, -0.15) is 5.10 Å². The number of nitrogen functional groups attached to an aromatic ring is 1. The second-order valence-electron chi connectivity index (χ2n) is 7.11. The molecule has 150 valence electrons. The summed E-state index contributed by atoms with van der Waals surface area (Å²) in [5, 5.41) is 9.43. The minimum atomic E-state index is 0.588. The Labute approximate surface area is 177 Å². The van der Waals surface area contributed by atoms with Gasteiger partial charge >= 0.3 is 0 Å². The Morgan fingerprint density at radius 2 is 2.00 bits per heavy atom. The third-order valence-corrected chi connectivity index (χ3v) is 6.09. The van der Waals surface area contributed by atoms with Gasteiger partial charge in [0.05, 0.1) is 33.9 Å². The first-order valence-corrected chi connectivity index (χ1v) is 10.4. The highest BCUT2D eigenvalue weighted by Crippen LogP contribution is 2.43. The van der Waals surface area contributed by atoms with E-state index in [0.717, 1.165) is 57.3 Å². The standard InChI is InChI=1S/C22H20N6OS/c1-13-3-6-15(12-24-13)19-17-9-10-18-21(30-22(23)26-18)20(17)28(27-19)16-7-4-14(5-8-16)11-25-29-2/h3-8,11-12H,9-10H2,1-2H3,(H2,23,26)/b25-11+. The number of rotatable bonds is 4. The molecule has 0 atom stereocenters. The first-order chi connectivity index (χ1) is 14.6. The maximum Gasteiger partial charge on any atom is 0.180 e. The van der Waals surface area contributed by atoms with Gasteiger partial charge in [0.1, 0.15) is 7.11 Å². The molecule has 0 aliphatic heterocycles. The Balaban J connectivity index is 1.69. The van der Waals surface area contributed by atoms with Crippen LogP contribution in [0.25, 0.3) is 27.5 Å². The highest BCUT2D eigenvalue weighted by atomic mass is 32.1. The molecule has 4 aromatic rings. The molecular weight excluding hydrogens is 396 g/mol. The highest BCUT2D eigenvalue weighted by Gasteiger charge is 2.29. The maximum atomic E-state index is 6.05. The number of thiazole rings is 1.